The Balaban J connectivity index is 2.12. The van der Waals surface area contributed by atoms with Crippen LogP contribution in [0.25, 0.3) is 0 Å². The highest BCUT2D eigenvalue weighted by Gasteiger charge is 2.10. The van der Waals surface area contributed by atoms with Crippen molar-refractivity contribution in [3.8, 4) is 11.5 Å². The van der Waals surface area contributed by atoms with Crippen LogP contribution in [-0.4, -0.2) is 22.3 Å². The fourth-order valence-electron chi connectivity index (χ4n) is 1.70. The van der Waals surface area contributed by atoms with Crippen molar-refractivity contribution in [2.24, 2.45) is 5.10 Å². The summed E-state index contributed by atoms with van der Waals surface area (Å²) >= 11 is 5.90. The number of phenolic OH excluding ortho intramolecular Hbond substituents is 2. The first-order valence-corrected chi connectivity index (χ1v) is 6.47. The van der Waals surface area contributed by atoms with Crippen molar-refractivity contribution in [1.29, 1.82) is 0 Å². The Morgan fingerprint density at radius 3 is 2.67 bits per heavy atom. The zero-order chi connectivity index (χ0) is 15.4. The first-order chi connectivity index (χ1) is 9.99. The molecule has 0 heterocycles. The van der Waals surface area contributed by atoms with Gasteiger partial charge in [0.15, 0.2) is 0 Å². The maximum absolute atomic E-state index is 11.9. The summed E-state index contributed by atoms with van der Waals surface area (Å²) in [6, 6.07) is 9.34. The van der Waals surface area contributed by atoms with Crippen LogP contribution in [0.5, 0.6) is 11.5 Å². The van der Waals surface area contributed by atoms with Crippen LogP contribution in [0.4, 0.5) is 0 Å². The highest BCUT2D eigenvalue weighted by atomic mass is 35.5. The van der Waals surface area contributed by atoms with Crippen molar-refractivity contribution in [3.05, 3.63) is 58.1 Å². The number of carbonyl (C=O) groups excluding carboxylic acids is 1. The molecule has 0 fully saturated rings. The number of hydrazone groups is 1. The lowest BCUT2D eigenvalue weighted by molar-refractivity contribution is 0.0952. The Morgan fingerprint density at radius 1 is 1.24 bits per heavy atom. The van der Waals surface area contributed by atoms with Crippen molar-refractivity contribution in [2.45, 2.75) is 6.92 Å². The number of rotatable bonds is 3. The van der Waals surface area contributed by atoms with Gasteiger partial charge in [-0.25, -0.2) is 5.43 Å². The smallest absolute Gasteiger partial charge is 0.275 e. The summed E-state index contributed by atoms with van der Waals surface area (Å²) < 4.78 is 0. The number of carbonyl (C=O) groups is 1. The highest BCUT2D eigenvalue weighted by molar-refractivity contribution is 6.33. The molecule has 108 valence electrons. The number of aryl methyl sites for hydroxylation is 1. The van der Waals surface area contributed by atoms with Gasteiger partial charge < -0.3 is 10.2 Å². The van der Waals surface area contributed by atoms with Gasteiger partial charge in [-0.2, -0.15) is 5.10 Å². The number of amides is 1. The van der Waals surface area contributed by atoms with E-state index >= 15 is 0 Å². The van der Waals surface area contributed by atoms with E-state index in [1.165, 1.54) is 24.4 Å². The van der Waals surface area contributed by atoms with Crippen molar-refractivity contribution in [1.82, 2.24) is 5.43 Å². The molecule has 0 atom stereocenters. The van der Waals surface area contributed by atoms with Gasteiger partial charge in [-0.1, -0.05) is 23.7 Å². The molecule has 0 aliphatic heterocycles. The molecule has 0 bridgehead atoms. The van der Waals surface area contributed by atoms with Gasteiger partial charge in [0.1, 0.15) is 11.5 Å². The van der Waals surface area contributed by atoms with Crippen molar-refractivity contribution < 1.29 is 15.0 Å². The van der Waals surface area contributed by atoms with E-state index in [1.54, 1.807) is 25.1 Å². The van der Waals surface area contributed by atoms with Crippen LogP contribution in [0.15, 0.2) is 41.5 Å². The van der Waals surface area contributed by atoms with Crippen molar-refractivity contribution >= 4 is 23.7 Å². The molecule has 2 aromatic rings. The average molecular weight is 305 g/mol. The fraction of sp³-hybridized carbons (Fsp3) is 0.0667. The van der Waals surface area contributed by atoms with Gasteiger partial charge in [0, 0.05) is 0 Å². The number of hydrogen-bond donors (Lipinski definition) is 3. The summed E-state index contributed by atoms with van der Waals surface area (Å²) in [7, 11) is 0. The zero-order valence-electron chi connectivity index (χ0n) is 11.2. The second kappa shape index (κ2) is 6.28. The van der Waals surface area contributed by atoms with E-state index < -0.39 is 5.91 Å². The SMILES string of the molecule is Cc1ccc(C(=O)NN=Cc2c(O)cccc2Cl)c(O)c1. The highest BCUT2D eigenvalue weighted by Crippen LogP contribution is 2.23. The molecule has 0 radical (unpaired) electrons. The van der Waals surface area contributed by atoms with E-state index in [4.69, 9.17) is 11.6 Å². The normalized spacial score (nSPS) is 10.8. The summed E-state index contributed by atoms with van der Waals surface area (Å²) in [4.78, 5) is 11.9. The van der Waals surface area contributed by atoms with Crippen LogP contribution in [0.2, 0.25) is 5.02 Å². The van der Waals surface area contributed by atoms with E-state index in [0.717, 1.165) is 5.56 Å². The number of hydrogen-bond acceptors (Lipinski definition) is 4. The summed E-state index contributed by atoms with van der Waals surface area (Å²) in [5.74, 6) is -0.725. The first-order valence-electron chi connectivity index (χ1n) is 6.09. The number of nitrogens with one attached hydrogen (secondary N) is 1. The molecular formula is C15H13ClN2O3. The van der Waals surface area contributed by atoms with Crippen LogP contribution >= 0.6 is 11.6 Å². The van der Waals surface area contributed by atoms with Gasteiger partial charge in [0.2, 0.25) is 0 Å². The Bertz CT molecular complexity index is 694. The third kappa shape index (κ3) is 3.52. The van der Waals surface area contributed by atoms with Gasteiger partial charge in [-0.15, -0.1) is 0 Å². The molecule has 0 unspecified atom stereocenters. The number of phenols is 2. The van der Waals surface area contributed by atoms with Crippen LogP contribution in [0, 0.1) is 6.92 Å². The van der Waals surface area contributed by atoms with E-state index in [1.807, 2.05) is 0 Å². The first kappa shape index (κ1) is 14.9. The van der Waals surface area contributed by atoms with E-state index in [-0.39, 0.29) is 17.1 Å². The predicted octanol–water partition coefficient (Wildman–Crippen LogP) is 2.82. The minimum atomic E-state index is -0.560. The maximum atomic E-state index is 11.9. The molecule has 6 heteroatoms. The molecular weight excluding hydrogens is 292 g/mol. The topological polar surface area (TPSA) is 81.9 Å². The molecule has 21 heavy (non-hydrogen) atoms. The molecule has 0 aliphatic rings. The standard InChI is InChI=1S/C15H13ClN2O3/c1-9-5-6-10(14(20)7-9)15(21)18-17-8-11-12(16)3-2-4-13(11)19/h2-8,19-20H,1H3,(H,18,21). The van der Waals surface area contributed by atoms with E-state index in [9.17, 15) is 15.0 Å². The molecule has 5 nitrogen and oxygen atoms in total. The monoisotopic (exact) mass is 304 g/mol. The van der Waals surface area contributed by atoms with E-state index in [2.05, 4.69) is 10.5 Å². The number of halogens is 1. The Morgan fingerprint density at radius 2 is 2.00 bits per heavy atom. The molecule has 2 aromatic carbocycles. The second-order valence-corrected chi connectivity index (χ2v) is 4.80. The minimum absolute atomic E-state index is 0.0429. The molecule has 0 spiro atoms. The van der Waals surface area contributed by atoms with Gasteiger partial charge in [-0.05, 0) is 36.8 Å². The number of aromatic hydroxyl groups is 2. The Labute approximate surface area is 126 Å². The second-order valence-electron chi connectivity index (χ2n) is 4.39. The number of benzene rings is 2. The third-order valence-corrected chi connectivity index (χ3v) is 3.12. The molecule has 2 rings (SSSR count). The quantitative estimate of drug-likeness (QED) is 0.602. The van der Waals surface area contributed by atoms with Crippen molar-refractivity contribution in [3.63, 3.8) is 0 Å². The fourth-order valence-corrected chi connectivity index (χ4v) is 1.92. The summed E-state index contributed by atoms with van der Waals surface area (Å²) in [6.45, 7) is 1.81. The predicted molar refractivity (Wildman–Crippen MR) is 81.0 cm³/mol. The molecule has 0 saturated carbocycles. The van der Waals surface area contributed by atoms with Gasteiger partial charge in [0.05, 0.1) is 22.4 Å². The lowest BCUT2D eigenvalue weighted by Gasteiger charge is -2.04. The van der Waals surface area contributed by atoms with Crippen molar-refractivity contribution in [2.75, 3.05) is 0 Å². The van der Waals surface area contributed by atoms with Gasteiger partial charge in [0.25, 0.3) is 5.91 Å². The molecule has 3 N–H and O–H groups in total. The molecule has 0 saturated heterocycles. The lowest BCUT2D eigenvalue weighted by atomic mass is 10.1. The largest absolute Gasteiger partial charge is 0.507 e. The summed E-state index contributed by atoms with van der Waals surface area (Å²) in [5, 5.41) is 23.3. The molecule has 0 aromatic heterocycles. The van der Waals surface area contributed by atoms with Crippen LogP contribution in [0.1, 0.15) is 21.5 Å². The van der Waals surface area contributed by atoms with E-state index in [0.29, 0.717) is 10.6 Å². The Kier molecular flexibility index (Phi) is 4.45. The summed E-state index contributed by atoms with van der Waals surface area (Å²) in [5.41, 5.74) is 3.52. The maximum Gasteiger partial charge on any atom is 0.275 e. The third-order valence-electron chi connectivity index (χ3n) is 2.79. The Hall–Kier alpha value is -2.53. The molecule has 0 aliphatic carbocycles. The molecule has 1 amide bonds. The van der Waals surface area contributed by atoms with Gasteiger partial charge >= 0.3 is 0 Å². The number of nitrogens with zero attached hydrogens (tertiary/aromatic N) is 1. The minimum Gasteiger partial charge on any atom is -0.507 e. The lowest BCUT2D eigenvalue weighted by Crippen LogP contribution is -2.17. The van der Waals surface area contributed by atoms with Crippen LogP contribution in [-0.2, 0) is 0 Å². The van der Waals surface area contributed by atoms with Crippen LogP contribution in [0.3, 0.4) is 0 Å². The van der Waals surface area contributed by atoms with Crippen LogP contribution < -0.4 is 5.43 Å². The average Bonchev–Trinajstić information content (AvgIpc) is 2.42. The van der Waals surface area contributed by atoms with Gasteiger partial charge in [-0.3, -0.25) is 4.79 Å². The zero-order valence-corrected chi connectivity index (χ0v) is 11.9. The summed E-state index contributed by atoms with van der Waals surface area (Å²) in [6.07, 6.45) is 1.24.